The monoisotopic (exact) mass is 233 g/mol. The normalized spacial score (nSPS) is 12.6. The van der Waals surface area contributed by atoms with Crippen LogP contribution in [0.15, 0.2) is 4.52 Å². The number of hydrogen-bond donors (Lipinski definition) is 1. The van der Waals surface area contributed by atoms with Crippen LogP contribution in [0.25, 0.3) is 0 Å². The number of nitrogens with zero attached hydrogens (tertiary/aromatic N) is 2. The number of rotatable bonds is 2. The minimum atomic E-state index is -0.273. The fourth-order valence-corrected chi connectivity index (χ4v) is 0.667. The molecule has 0 spiro atoms. The lowest BCUT2D eigenvalue weighted by Gasteiger charge is -1.99. The fourth-order valence-electron chi connectivity index (χ4n) is 0.553. The third kappa shape index (κ3) is 2.30. The minimum absolute atomic E-state index is 0.129. The summed E-state index contributed by atoms with van der Waals surface area (Å²) in [5, 5.41) is 5.95. The molecule has 1 unspecified atom stereocenters. The molecule has 66 valence electrons. The highest BCUT2D eigenvalue weighted by atomic mass is 79.9. The van der Waals surface area contributed by atoms with Crippen molar-refractivity contribution in [3.05, 3.63) is 5.82 Å². The molecule has 0 bridgehead atoms. The van der Waals surface area contributed by atoms with E-state index in [9.17, 15) is 4.79 Å². The van der Waals surface area contributed by atoms with Crippen LogP contribution >= 0.6 is 15.9 Å². The first-order valence-corrected chi connectivity index (χ1v) is 4.26. The van der Waals surface area contributed by atoms with Gasteiger partial charge in [0.2, 0.25) is 5.91 Å². The molecular weight excluding hydrogens is 226 g/mol. The number of carbonyl (C=O) groups excluding carboxylic acids is 1. The molecule has 0 aliphatic heterocycles. The molecule has 6 heteroatoms. The van der Waals surface area contributed by atoms with E-state index in [-0.39, 0.29) is 16.7 Å². The largest absolute Gasteiger partial charge is 0.328 e. The number of anilines is 1. The van der Waals surface area contributed by atoms with E-state index in [1.165, 1.54) is 0 Å². The van der Waals surface area contributed by atoms with Crippen LogP contribution < -0.4 is 5.32 Å². The predicted molar refractivity (Wildman–Crippen MR) is 46.1 cm³/mol. The van der Waals surface area contributed by atoms with E-state index in [2.05, 4.69) is 35.9 Å². The Morgan fingerprint density at radius 1 is 1.75 bits per heavy atom. The van der Waals surface area contributed by atoms with Crippen molar-refractivity contribution in [1.82, 2.24) is 10.1 Å². The zero-order valence-electron chi connectivity index (χ0n) is 6.67. The van der Waals surface area contributed by atoms with Gasteiger partial charge >= 0.3 is 6.01 Å². The second-order valence-corrected chi connectivity index (χ2v) is 3.63. The second-order valence-electron chi connectivity index (χ2n) is 2.25. The molecule has 1 atom stereocenters. The van der Waals surface area contributed by atoms with Crippen molar-refractivity contribution in [2.75, 3.05) is 5.32 Å². The van der Waals surface area contributed by atoms with Crippen LogP contribution in [0.1, 0.15) is 12.7 Å². The second kappa shape index (κ2) is 3.66. The Morgan fingerprint density at radius 2 is 2.42 bits per heavy atom. The summed E-state index contributed by atoms with van der Waals surface area (Å²) in [7, 11) is 0. The van der Waals surface area contributed by atoms with Gasteiger partial charge in [0.15, 0.2) is 5.82 Å². The molecule has 0 radical (unpaired) electrons. The highest BCUT2D eigenvalue weighted by Crippen LogP contribution is 2.05. The molecule has 1 heterocycles. The summed E-state index contributed by atoms with van der Waals surface area (Å²) < 4.78 is 4.67. The van der Waals surface area contributed by atoms with E-state index in [1.807, 2.05) is 0 Å². The van der Waals surface area contributed by atoms with Gasteiger partial charge in [0, 0.05) is 0 Å². The van der Waals surface area contributed by atoms with E-state index >= 15 is 0 Å². The maximum absolute atomic E-state index is 11.0. The van der Waals surface area contributed by atoms with Crippen LogP contribution in [-0.4, -0.2) is 20.9 Å². The summed E-state index contributed by atoms with van der Waals surface area (Å²) in [4.78, 5) is 14.6. The average Bonchev–Trinajstić information content (AvgIpc) is 2.35. The van der Waals surface area contributed by atoms with Gasteiger partial charge in [-0.1, -0.05) is 21.1 Å². The standard InChI is InChI=1S/C6H8BrN3O2/c1-3(7)5(11)9-6-8-4(2)10-12-6/h3H,1-2H3,(H,8,9,10,11). The first-order chi connectivity index (χ1) is 5.59. The lowest BCUT2D eigenvalue weighted by molar-refractivity contribution is -0.115. The maximum Gasteiger partial charge on any atom is 0.328 e. The fraction of sp³-hybridized carbons (Fsp3) is 0.500. The smallest absolute Gasteiger partial charge is 0.315 e. The van der Waals surface area contributed by atoms with Crippen molar-refractivity contribution in [1.29, 1.82) is 0 Å². The minimum Gasteiger partial charge on any atom is -0.315 e. The van der Waals surface area contributed by atoms with Gasteiger partial charge in [0.05, 0.1) is 4.83 Å². The Hall–Kier alpha value is -0.910. The average molecular weight is 234 g/mol. The molecule has 12 heavy (non-hydrogen) atoms. The third-order valence-electron chi connectivity index (χ3n) is 1.12. The van der Waals surface area contributed by atoms with Gasteiger partial charge < -0.3 is 4.52 Å². The molecule has 0 aromatic carbocycles. The molecular formula is C6H8BrN3O2. The number of halogens is 1. The van der Waals surface area contributed by atoms with Crippen LogP contribution in [0.2, 0.25) is 0 Å². The summed E-state index contributed by atoms with van der Waals surface area (Å²) >= 11 is 3.10. The zero-order chi connectivity index (χ0) is 9.14. The highest BCUT2D eigenvalue weighted by Gasteiger charge is 2.11. The van der Waals surface area contributed by atoms with E-state index in [1.54, 1.807) is 13.8 Å². The van der Waals surface area contributed by atoms with Crippen molar-refractivity contribution in [2.24, 2.45) is 0 Å². The predicted octanol–water partition coefficient (Wildman–Crippen LogP) is 1.10. The van der Waals surface area contributed by atoms with Gasteiger partial charge in [-0.3, -0.25) is 10.1 Å². The summed E-state index contributed by atoms with van der Waals surface area (Å²) in [5.41, 5.74) is 0. The number of aromatic nitrogens is 2. The van der Waals surface area contributed by atoms with Crippen LogP contribution in [0.4, 0.5) is 6.01 Å². The zero-order valence-corrected chi connectivity index (χ0v) is 8.25. The van der Waals surface area contributed by atoms with Gasteiger partial charge in [-0.2, -0.15) is 4.98 Å². The van der Waals surface area contributed by atoms with Gasteiger partial charge in [0.1, 0.15) is 0 Å². The molecule has 0 saturated heterocycles. The molecule has 1 amide bonds. The van der Waals surface area contributed by atoms with Gasteiger partial charge in [0.25, 0.3) is 0 Å². The molecule has 5 nitrogen and oxygen atoms in total. The Bertz CT molecular complexity index is 284. The topological polar surface area (TPSA) is 68.0 Å². The molecule has 1 aromatic rings. The summed E-state index contributed by atoms with van der Waals surface area (Å²) in [5.74, 6) is 0.283. The SMILES string of the molecule is Cc1noc(NC(=O)C(C)Br)n1. The molecule has 0 aliphatic carbocycles. The van der Waals surface area contributed by atoms with Gasteiger partial charge in [-0.05, 0) is 13.8 Å². The van der Waals surface area contributed by atoms with E-state index in [4.69, 9.17) is 0 Å². The number of carbonyl (C=O) groups is 1. The Morgan fingerprint density at radius 3 is 2.83 bits per heavy atom. The Labute approximate surface area is 77.7 Å². The number of alkyl halides is 1. The number of hydrogen-bond acceptors (Lipinski definition) is 4. The van der Waals surface area contributed by atoms with Crippen LogP contribution in [0.5, 0.6) is 0 Å². The summed E-state index contributed by atoms with van der Waals surface area (Å²) in [6.07, 6.45) is 0. The van der Waals surface area contributed by atoms with Crippen LogP contribution in [0.3, 0.4) is 0 Å². The van der Waals surface area contributed by atoms with Crippen molar-refractivity contribution >= 4 is 27.9 Å². The quantitative estimate of drug-likeness (QED) is 0.778. The van der Waals surface area contributed by atoms with Crippen LogP contribution in [0, 0.1) is 6.92 Å². The third-order valence-corrected chi connectivity index (χ3v) is 1.53. The van der Waals surface area contributed by atoms with E-state index in [0.717, 1.165) is 0 Å². The number of aryl methyl sites for hydroxylation is 1. The van der Waals surface area contributed by atoms with Crippen molar-refractivity contribution in [2.45, 2.75) is 18.7 Å². The molecule has 0 fully saturated rings. The first-order valence-electron chi connectivity index (χ1n) is 3.35. The Balaban J connectivity index is 2.58. The first kappa shape index (κ1) is 9.18. The molecule has 1 N–H and O–H groups in total. The van der Waals surface area contributed by atoms with Crippen LogP contribution in [-0.2, 0) is 4.79 Å². The van der Waals surface area contributed by atoms with Crippen molar-refractivity contribution in [3.63, 3.8) is 0 Å². The lowest BCUT2D eigenvalue weighted by Crippen LogP contribution is -2.19. The summed E-state index contributed by atoms with van der Waals surface area (Å²) in [6.45, 7) is 3.38. The maximum atomic E-state index is 11.0. The molecule has 0 aliphatic rings. The molecule has 0 saturated carbocycles. The molecule has 1 rings (SSSR count). The van der Waals surface area contributed by atoms with Gasteiger partial charge in [-0.15, -0.1) is 0 Å². The van der Waals surface area contributed by atoms with E-state index < -0.39 is 0 Å². The summed E-state index contributed by atoms with van der Waals surface area (Å²) in [6, 6.07) is 0.129. The number of nitrogens with one attached hydrogen (secondary N) is 1. The number of amides is 1. The molecule has 1 aromatic heterocycles. The Kier molecular flexibility index (Phi) is 2.80. The highest BCUT2D eigenvalue weighted by molar-refractivity contribution is 9.10. The van der Waals surface area contributed by atoms with Gasteiger partial charge in [-0.25, -0.2) is 0 Å². The van der Waals surface area contributed by atoms with Crippen molar-refractivity contribution < 1.29 is 9.32 Å². The van der Waals surface area contributed by atoms with E-state index in [0.29, 0.717) is 5.82 Å². The van der Waals surface area contributed by atoms with Crippen molar-refractivity contribution in [3.8, 4) is 0 Å². The lowest BCUT2D eigenvalue weighted by atomic mass is 10.5.